The van der Waals surface area contributed by atoms with Crippen LogP contribution in [-0.2, 0) is 0 Å². The Labute approximate surface area is 152 Å². The molecule has 2 aromatic carbocycles. The molecule has 6 rings (SSSR count). The molecule has 0 saturated carbocycles. The van der Waals surface area contributed by atoms with E-state index < -0.39 is 0 Å². The summed E-state index contributed by atoms with van der Waals surface area (Å²) >= 11 is 11.5. The molecule has 0 N–H and O–H groups in total. The second kappa shape index (κ2) is 4.97. The van der Waals surface area contributed by atoms with E-state index in [0.29, 0.717) is 5.92 Å². The topological polar surface area (TPSA) is 3.24 Å². The molecule has 3 aliphatic rings. The minimum Gasteiger partial charge on any atom is -0.301 e. The lowest BCUT2D eigenvalue weighted by molar-refractivity contribution is 1.04. The molecule has 0 fully saturated rings. The van der Waals surface area contributed by atoms with Gasteiger partial charge in [0.15, 0.2) is 0 Å². The number of thiophene rings is 1. The van der Waals surface area contributed by atoms with E-state index in [1.54, 1.807) is 11.3 Å². The SMILES string of the molecule is Clc1ccc(N2c3ccc(cc3)C3C=Cc4c2ccc(Br)c43)s1. The summed E-state index contributed by atoms with van der Waals surface area (Å²) in [5.74, 6) is 0.320. The predicted octanol–water partition coefficient (Wildman–Crippen LogP) is 7.11. The first-order valence-corrected chi connectivity index (χ1v) is 9.37. The van der Waals surface area contributed by atoms with Crippen LogP contribution in [0, 0.1) is 0 Å². The van der Waals surface area contributed by atoms with Crippen LogP contribution in [-0.4, -0.2) is 0 Å². The Balaban J connectivity index is 1.88. The molecule has 1 nitrogen and oxygen atoms in total. The number of rotatable bonds is 1. The van der Waals surface area contributed by atoms with Crippen LogP contribution < -0.4 is 4.90 Å². The van der Waals surface area contributed by atoms with Crippen LogP contribution in [0.25, 0.3) is 6.08 Å². The zero-order valence-corrected chi connectivity index (χ0v) is 15.1. The molecule has 0 saturated heterocycles. The number of hydrogen-bond acceptors (Lipinski definition) is 2. The third-order valence-corrected chi connectivity index (χ3v) is 6.42. The fourth-order valence-electron chi connectivity index (χ4n) is 3.49. The van der Waals surface area contributed by atoms with Crippen molar-refractivity contribution in [3.05, 3.63) is 80.1 Å². The highest BCUT2D eigenvalue weighted by molar-refractivity contribution is 9.10. The summed E-state index contributed by atoms with van der Waals surface area (Å²) in [5, 5.41) is 1.13. The lowest BCUT2D eigenvalue weighted by Crippen LogP contribution is -2.09. The third-order valence-electron chi connectivity index (χ3n) is 4.51. The molecule has 0 spiro atoms. The number of benzene rings is 2. The van der Waals surface area contributed by atoms with Crippen molar-refractivity contribution >= 4 is 61.3 Å². The van der Waals surface area contributed by atoms with E-state index >= 15 is 0 Å². The summed E-state index contributed by atoms with van der Waals surface area (Å²) in [6.07, 6.45) is 4.54. The lowest BCUT2D eigenvalue weighted by atomic mass is 9.93. The second-order valence-corrected chi connectivity index (χ2v) is 8.28. The molecule has 112 valence electrons. The Bertz CT molecular complexity index is 958. The Hall–Kier alpha value is -1.55. The Morgan fingerprint density at radius 1 is 1.00 bits per heavy atom. The molecule has 23 heavy (non-hydrogen) atoms. The summed E-state index contributed by atoms with van der Waals surface area (Å²) in [4.78, 5) is 2.30. The van der Waals surface area contributed by atoms with Crippen molar-refractivity contribution in [3.63, 3.8) is 0 Å². The average molecular weight is 401 g/mol. The van der Waals surface area contributed by atoms with Crippen LogP contribution in [0.4, 0.5) is 16.4 Å². The molecular formula is C19H11BrClNS. The number of hydrogen-bond donors (Lipinski definition) is 0. The molecule has 1 aliphatic carbocycles. The predicted molar refractivity (Wildman–Crippen MR) is 103 cm³/mol. The van der Waals surface area contributed by atoms with Crippen LogP contribution in [0.3, 0.4) is 0 Å². The number of nitrogens with zero attached hydrogens (tertiary/aromatic N) is 1. The van der Waals surface area contributed by atoms with Gasteiger partial charge in [0.2, 0.25) is 0 Å². The first kappa shape index (κ1) is 13.8. The van der Waals surface area contributed by atoms with Gasteiger partial charge < -0.3 is 4.90 Å². The second-order valence-electron chi connectivity index (χ2n) is 5.74. The van der Waals surface area contributed by atoms with Gasteiger partial charge in [-0.1, -0.05) is 51.8 Å². The molecule has 4 heteroatoms. The largest absolute Gasteiger partial charge is 0.301 e. The van der Waals surface area contributed by atoms with Crippen molar-refractivity contribution in [2.45, 2.75) is 5.92 Å². The fraction of sp³-hybridized carbons (Fsp3) is 0.0526. The highest BCUT2D eigenvalue weighted by Gasteiger charge is 2.29. The maximum absolute atomic E-state index is 6.20. The van der Waals surface area contributed by atoms with Crippen LogP contribution in [0.15, 0.2) is 59.1 Å². The molecule has 1 unspecified atom stereocenters. The molecule has 0 amide bonds. The standard InChI is InChI=1S/C19H11BrClNS/c20-15-7-8-16-14-6-5-13(19(14)15)11-1-3-12(4-2-11)22(16)18-10-9-17(21)23-18/h1-10,13H. The van der Waals surface area contributed by atoms with Crippen LogP contribution >= 0.6 is 38.9 Å². The summed E-state index contributed by atoms with van der Waals surface area (Å²) in [6.45, 7) is 0. The quantitative estimate of drug-likeness (QED) is 0.421. The number of allylic oxidation sites excluding steroid dienone is 1. The first-order valence-electron chi connectivity index (χ1n) is 7.38. The molecule has 2 aliphatic heterocycles. The molecule has 1 atom stereocenters. The molecule has 0 radical (unpaired) electrons. The van der Waals surface area contributed by atoms with Gasteiger partial charge >= 0.3 is 0 Å². The minimum atomic E-state index is 0.320. The van der Waals surface area contributed by atoms with Gasteiger partial charge in [0.25, 0.3) is 0 Å². The first-order chi connectivity index (χ1) is 11.2. The van der Waals surface area contributed by atoms with Gasteiger partial charge in [-0.25, -0.2) is 0 Å². The number of fused-ring (bicyclic) bond motifs is 2. The van der Waals surface area contributed by atoms with Gasteiger partial charge in [-0.2, -0.15) is 0 Å². The van der Waals surface area contributed by atoms with Gasteiger partial charge in [-0.15, -0.1) is 11.3 Å². The maximum Gasteiger partial charge on any atom is 0.101 e. The molecule has 3 heterocycles. The van der Waals surface area contributed by atoms with Gasteiger partial charge in [0.05, 0.1) is 10.0 Å². The lowest BCUT2D eigenvalue weighted by Gasteiger charge is -2.25. The van der Waals surface area contributed by atoms with Crippen LogP contribution in [0.2, 0.25) is 4.34 Å². The van der Waals surface area contributed by atoms with E-state index in [9.17, 15) is 0 Å². The normalized spacial score (nSPS) is 17.3. The Morgan fingerprint density at radius 3 is 2.57 bits per heavy atom. The third kappa shape index (κ3) is 1.97. The fourth-order valence-corrected chi connectivity index (χ4v) is 5.15. The number of anilines is 3. The van der Waals surface area contributed by atoms with Crippen LogP contribution in [0.1, 0.15) is 22.6 Å². The van der Waals surface area contributed by atoms with Crippen molar-refractivity contribution < 1.29 is 0 Å². The highest BCUT2D eigenvalue weighted by Crippen LogP contribution is 2.50. The molecule has 1 aromatic heterocycles. The van der Waals surface area contributed by atoms with E-state index in [4.69, 9.17) is 11.6 Å². The van der Waals surface area contributed by atoms with Gasteiger partial charge in [-0.05, 0) is 47.5 Å². The smallest absolute Gasteiger partial charge is 0.101 e. The number of halogens is 2. The molecule has 6 bridgehead atoms. The van der Waals surface area contributed by atoms with Gasteiger partial charge in [-0.3, -0.25) is 0 Å². The monoisotopic (exact) mass is 399 g/mol. The van der Waals surface area contributed by atoms with Crippen molar-refractivity contribution in [2.75, 3.05) is 4.90 Å². The summed E-state index contributed by atoms with van der Waals surface area (Å²) in [5.41, 5.74) is 6.33. The molecule has 3 aromatic rings. The van der Waals surface area contributed by atoms with Crippen molar-refractivity contribution in [1.29, 1.82) is 0 Å². The summed E-state index contributed by atoms with van der Waals surface area (Å²) < 4.78 is 1.97. The summed E-state index contributed by atoms with van der Waals surface area (Å²) in [7, 11) is 0. The maximum atomic E-state index is 6.20. The zero-order chi connectivity index (χ0) is 15.6. The van der Waals surface area contributed by atoms with E-state index in [1.165, 1.54) is 26.9 Å². The Kier molecular flexibility index (Phi) is 2.99. The van der Waals surface area contributed by atoms with Gasteiger partial charge in [0, 0.05) is 21.6 Å². The summed E-state index contributed by atoms with van der Waals surface area (Å²) in [6, 6.07) is 17.2. The van der Waals surface area contributed by atoms with E-state index in [2.05, 4.69) is 75.4 Å². The van der Waals surface area contributed by atoms with Crippen molar-refractivity contribution in [3.8, 4) is 0 Å². The minimum absolute atomic E-state index is 0.320. The zero-order valence-electron chi connectivity index (χ0n) is 12.0. The van der Waals surface area contributed by atoms with E-state index in [0.717, 1.165) is 15.0 Å². The molecular weight excluding hydrogens is 390 g/mol. The van der Waals surface area contributed by atoms with E-state index in [1.807, 2.05) is 6.07 Å². The van der Waals surface area contributed by atoms with Crippen molar-refractivity contribution in [2.24, 2.45) is 0 Å². The van der Waals surface area contributed by atoms with Gasteiger partial charge in [0.1, 0.15) is 5.00 Å². The van der Waals surface area contributed by atoms with E-state index in [-0.39, 0.29) is 0 Å². The highest BCUT2D eigenvalue weighted by atomic mass is 79.9. The Morgan fingerprint density at radius 2 is 1.83 bits per heavy atom. The van der Waals surface area contributed by atoms with Crippen molar-refractivity contribution in [1.82, 2.24) is 0 Å². The van der Waals surface area contributed by atoms with Crippen LogP contribution in [0.5, 0.6) is 0 Å². The average Bonchev–Trinajstić information content (AvgIpc) is 3.19.